The molecule has 1 atom stereocenters. The summed E-state index contributed by atoms with van der Waals surface area (Å²) in [5.74, 6) is -0.0632. The van der Waals surface area contributed by atoms with Crippen LogP contribution in [0.3, 0.4) is 0 Å². The fraction of sp³-hybridized carbons (Fsp3) is 0.375. The van der Waals surface area contributed by atoms with Gasteiger partial charge in [0.05, 0.1) is 0 Å². The molecule has 0 unspecified atom stereocenters. The minimum atomic E-state index is -0.615. The van der Waals surface area contributed by atoms with Crippen molar-refractivity contribution in [3.8, 4) is 11.1 Å². The molecule has 3 aromatic carbocycles. The van der Waals surface area contributed by atoms with Crippen LogP contribution in [0.2, 0.25) is 0 Å². The molecule has 0 bridgehead atoms. The van der Waals surface area contributed by atoms with Gasteiger partial charge in [-0.3, -0.25) is 0 Å². The predicted molar refractivity (Wildman–Crippen MR) is 139 cm³/mol. The molecule has 1 aliphatic rings. The average molecular weight is 477 g/mol. The van der Waals surface area contributed by atoms with Crippen molar-refractivity contribution in [2.75, 3.05) is 0 Å². The summed E-state index contributed by atoms with van der Waals surface area (Å²) in [6, 6.07) is 18.4. The van der Waals surface area contributed by atoms with E-state index < -0.39 is 17.5 Å². The van der Waals surface area contributed by atoms with Gasteiger partial charge in [-0.05, 0) is 105 Å². The van der Waals surface area contributed by atoms with Gasteiger partial charge in [-0.2, -0.15) is 0 Å². The molecule has 184 valence electrons. The maximum Gasteiger partial charge on any atom is 0.131 e. The summed E-state index contributed by atoms with van der Waals surface area (Å²) in [6.45, 7) is 4.18. The first kappa shape index (κ1) is 25.3. The maximum absolute atomic E-state index is 15.1. The fourth-order valence-electron chi connectivity index (χ4n) is 5.56. The van der Waals surface area contributed by atoms with E-state index in [1.165, 1.54) is 24.1 Å². The molecule has 1 fully saturated rings. The first-order valence-electron chi connectivity index (χ1n) is 12.9. The second-order valence-corrected chi connectivity index (χ2v) is 10.0. The fourth-order valence-corrected chi connectivity index (χ4v) is 5.56. The predicted octanol–water partition coefficient (Wildman–Crippen LogP) is 9.75. The van der Waals surface area contributed by atoms with Crippen LogP contribution in [0.25, 0.3) is 11.1 Å². The Morgan fingerprint density at radius 3 is 2.17 bits per heavy atom. The molecule has 1 saturated carbocycles. The molecule has 4 rings (SSSR count). The van der Waals surface area contributed by atoms with E-state index in [0.717, 1.165) is 31.2 Å². The van der Waals surface area contributed by atoms with E-state index in [1.807, 2.05) is 25.1 Å². The lowest BCUT2D eigenvalue weighted by molar-refractivity contribution is 0.297. The number of hydrogen-bond acceptors (Lipinski definition) is 0. The molecule has 0 N–H and O–H groups in total. The summed E-state index contributed by atoms with van der Waals surface area (Å²) in [4.78, 5) is 0. The molecule has 35 heavy (non-hydrogen) atoms. The lowest BCUT2D eigenvalue weighted by atomic mass is 9.75. The minimum Gasteiger partial charge on any atom is -0.207 e. The van der Waals surface area contributed by atoms with Crippen molar-refractivity contribution in [3.63, 3.8) is 0 Å². The van der Waals surface area contributed by atoms with Gasteiger partial charge in [0.1, 0.15) is 17.5 Å². The van der Waals surface area contributed by atoms with Crippen molar-refractivity contribution in [2.24, 2.45) is 5.92 Å². The Bertz CT molecular complexity index is 1120. The normalized spacial score (nSPS) is 19.2. The van der Waals surface area contributed by atoms with Gasteiger partial charge in [0.25, 0.3) is 0 Å². The molecule has 0 spiro atoms. The van der Waals surface area contributed by atoms with E-state index in [-0.39, 0.29) is 23.1 Å². The van der Waals surface area contributed by atoms with E-state index in [4.69, 9.17) is 0 Å². The van der Waals surface area contributed by atoms with Crippen LogP contribution in [-0.4, -0.2) is 0 Å². The largest absolute Gasteiger partial charge is 0.207 e. The summed E-state index contributed by atoms with van der Waals surface area (Å²) < 4.78 is 44.2. The molecule has 0 heterocycles. The Morgan fingerprint density at radius 2 is 1.54 bits per heavy atom. The highest BCUT2D eigenvalue weighted by molar-refractivity contribution is 5.65. The summed E-state index contributed by atoms with van der Waals surface area (Å²) >= 11 is 0. The number of benzene rings is 3. The first-order chi connectivity index (χ1) is 17.0. The van der Waals surface area contributed by atoms with Crippen molar-refractivity contribution >= 4 is 0 Å². The number of halogens is 3. The van der Waals surface area contributed by atoms with Crippen LogP contribution in [0, 0.1) is 23.4 Å². The molecule has 1 aliphatic carbocycles. The topological polar surface area (TPSA) is 0 Å². The Balaban J connectivity index is 1.40. The van der Waals surface area contributed by atoms with E-state index >= 15 is 4.39 Å². The Morgan fingerprint density at radius 1 is 0.857 bits per heavy atom. The van der Waals surface area contributed by atoms with Crippen molar-refractivity contribution in [2.45, 2.75) is 70.6 Å². The zero-order valence-corrected chi connectivity index (χ0v) is 20.7. The molecule has 0 nitrogen and oxygen atoms in total. The average Bonchev–Trinajstić information content (AvgIpc) is 2.86. The van der Waals surface area contributed by atoms with Gasteiger partial charge in [0.2, 0.25) is 0 Å². The summed E-state index contributed by atoms with van der Waals surface area (Å²) in [5, 5.41) is 0. The van der Waals surface area contributed by atoms with E-state index in [0.29, 0.717) is 24.2 Å². The van der Waals surface area contributed by atoms with Gasteiger partial charge >= 0.3 is 0 Å². The lowest BCUT2D eigenvalue weighted by Crippen LogP contribution is -2.15. The van der Waals surface area contributed by atoms with Crippen molar-refractivity contribution in [3.05, 3.63) is 107 Å². The summed E-state index contributed by atoms with van der Waals surface area (Å²) in [6.07, 6.45) is 10.2. The summed E-state index contributed by atoms with van der Waals surface area (Å²) in [7, 11) is 0. The quantitative estimate of drug-likeness (QED) is 0.284. The van der Waals surface area contributed by atoms with Crippen molar-refractivity contribution in [1.82, 2.24) is 0 Å². The molecular formula is C32H35F3. The maximum atomic E-state index is 15.1. The van der Waals surface area contributed by atoms with Crippen molar-refractivity contribution in [1.29, 1.82) is 0 Å². The molecule has 0 aromatic heterocycles. The van der Waals surface area contributed by atoms with Gasteiger partial charge in [-0.15, -0.1) is 0 Å². The van der Waals surface area contributed by atoms with Gasteiger partial charge < -0.3 is 0 Å². The third-order valence-electron chi connectivity index (χ3n) is 7.62. The van der Waals surface area contributed by atoms with Gasteiger partial charge in [0.15, 0.2) is 0 Å². The van der Waals surface area contributed by atoms with E-state index in [1.54, 1.807) is 12.1 Å². The molecule has 0 saturated heterocycles. The SMILES string of the molecule is C/C=C/CCc1c(F)cc(-c2ccc(C3CCC(C[C@@H](C)c4ccccc4)CC3)cc2F)cc1F. The highest BCUT2D eigenvalue weighted by Gasteiger charge is 2.25. The Labute approximate surface area is 207 Å². The van der Waals surface area contributed by atoms with Gasteiger partial charge in [-0.25, -0.2) is 13.2 Å². The molecule has 0 aliphatic heterocycles. The third-order valence-corrected chi connectivity index (χ3v) is 7.62. The first-order valence-corrected chi connectivity index (χ1v) is 12.9. The van der Waals surface area contributed by atoms with Crippen LogP contribution >= 0.6 is 0 Å². The molecule has 0 radical (unpaired) electrons. The smallest absolute Gasteiger partial charge is 0.131 e. The number of rotatable bonds is 8. The van der Waals surface area contributed by atoms with Gasteiger partial charge in [0, 0.05) is 11.1 Å². The molecule has 3 heteroatoms. The van der Waals surface area contributed by atoms with Crippen molar-refractivity contribution < 1.29 is 13.2 Å². The number of allylic oxidation sites excluding steroid dienone is 2. The Kier molecular flexibility index (Phi) is 8.49. The van der Waals surface area contributed by atoms with Crippen LogP contribution in [0.1, 0.15) is 80.9 Å². The molecule has 0 amide bonds. The van der Waals surface area contributed by atoms with E-state index in [9.17, 15) is 8.78 Å². The minimum absolute atomic E-state index is 0.0576. The third kappa shape index (κ3) is 6.25. The monoisotopic (exact) mass is 476 g/mol. The van der Waals surface area contributed by atoms with Crippen LogP contribution in [-0.2, 0) is 6.42 Å². The highest BCUT2D eigenvalue weighted by atomic mass is 19.1. The van der Waals surface area contributed by atoms with Crippen LogP contribution in [0.5, 0.6) is 0 Å². The van der Waals surface area contributed by atoms with E-state index in [2.05, 4.69) is 37.3 Å². The van der Waals surface area contributed by atoms with Crippen LogP contribution in [0.15, 0.2) is 72.8 Å². The standard InChI is InChI=1S/C32H35F3/c1-3-4-6-11-29-31(34)20-27(21-32(29)35)28-17-16-26(19-30(28)33)25-14-12-23(13-15-25)18-22(2)24-9-7-5-8-10-24/h3-5,7-10,16-17,19-23,25H,6,11-15,18H2,1-2H3/b4-3+/t22-,23?,25?/m1/s1. The second-order valence-electron chi connectivity index (χ2n) is 10.0. The summed E-state index contributed by atoms with van der Waals surface area (Å²) in [5.41, 5.74) is 2.94. The van der Waals surface area contributed by atoms with Crippen LogP contribution < -0.4 is 0 Å². The zero-order valence-electron chi connectivity index (χ0n) is 20.7. The zero-order chi connectivity index (χ0) is 24.8. The second kappa shape index (κ2) is 11.7. The van der Waals surface area contributed by atoms with Gasteiger partial charge in [-0.1, -0.05) is 61.5 Å². The van der Waals surface area contributed by atoms with Crippen LogP contribution in [0.4, 0.5) is 13.2 Å². The molecular weight excluding hydrogens is 441 g/mol. The molecule has 3 aromatic rings. The number of hydrogen-bond donors (Lipinski definition) is 0. The lowest BCUT2D eigenvalue weighted by Gasteiger charge is -2.30. The Hall–Kier alpha value is -2.81. The highest BCUT2D eigenvalue weighted by Crippen LogP contribution is 2.40.